The molecule has 32 heavy (non-hydrogen) atoms. The zero-order valence-electron chi connectivity index (χ0n) is 18.9. The maximum atomic E-state index is 5.98. The van der Waals surface area contributed by atoms with Crippen LogP contribution in [-0.4, -0.2) is 25.7 Å². The second-order valence-corrected chi connectivity index (χ2v) is 9.12. The summed E-state index contributed by atoms with van der Waals surface area (Å²) in [6.07, 6.45) is 5.61. The molecule has 2 aromatic carbocycles. The Morgan fingerprint density at radius 1 is 1.03 bits per heavy atom. The fourth-order valence-electron chi connectivity index (χ4n) is 4.74. The predicted octanol–water partition coefficient (Wildman–Crippen LogP) is 6.18. The summed E-state index contributed by atoms with van der Waals surface area (Å²) < 4.78 is 4.53. The predicted molar refractivity (Wildman–Crippen MR) is 136 cm³/mol. The molecule has 5 heteroatoms. The minimum Gasteiger partial charge on any atom is -0.374 e. The van der Waals surface area contributed by atoms with Gasteiger partial charge in [0.25, 0.3) is 0 Å². The summed E-state index contributed by atoms with van der Waals surface area (Å²) in [5, 5.41) is 8.68. The Kier molecular flexibility index (Phi) is 5.83. The third kappa shape index (κ3) is 3.65. The van der Waals surface area contributed by atoms with Crippen molar-refractivity contribution in [3.63, 3.8) is 0 Å². The van der Waals surface area contributed by atoms with Crippen molar-refractivity contribution in [3.05, 3.63) is 71.4 Å². The van der Waals surface area contributed by atoms with E-state index in [0.29, 0.717) is 0 Å². The number of hydrogen-bond acceptors (Lipinski definition) is 2. The van der Waals surface area contributed by atoms with Gasteiger partial charge in [0.1, 0.15) is 16.3 Å². The highest BCUT2D eigenvalue weighted by atomic mass is 32.1. The van der Waals surface area contributed by atoms with Crippen molar-refractivity contribution in [1.82, 2.24) is 19.5 Å². The first kappa shape index (κ1) is 21.0. The summed E-state index contributed by atoms with van der Waals surface area (Å²) in [5.74, 6) is 1.02. The first-order valence-electron chi connectivity index (χ1n) is 11.7. The van der Waals surface area contributed by atoms with Crippen LogP contribution in [0.3, 0.4) is 0 Å². The molecule has 0 bridgehead atoms. The number of aromatic nitrogens is 3. The lowest BCUT2D eigenvalue weighted by atomic mass is 9.97. The van der Waals surface area contributed by atoms with Crippen LogP contribution in [0.15, 0.2) is 54.6 Å². The van der Waals surface area contributed by atoms with Crippen molar-refractivity contribution in [1.29, 1.82) is 0 Å². The Morgan fingerprint density at radius 3 is 2.56 bits per heavy atom. The van der Waals surface area contributed by atoms with Gasteiger partial charge in [-0.3, -0.25) is 0 Å². The van der Waals surface area contributed by atoms with Crippen molar-refractivity contribution in [2.24, 2.45) is 0 Å². The minimum absolute atomic E-state index is 0.792. The third-order valence-electron chi connectivity index (χ3n) is 6.39. The van der Waals surface area contributed by atoms with Gasteiger partial charge in [-0.05, 0) is 38.2 Å². The topological polar surface area (TPSA) is 34.3 Å². The van der Waals surface area contributed by atoms with Gasteiger partial charge in [0.15, 0.2) is 5.82 Å². The van der Waals surface area contributed by atoms with Crippen molar-refractivity contribution in [2.45, 2.75) is 52.5 Å². The van der Waals surface area contributed by atoms with Gasteiger partial charge in [0.2, 0.25) is 0 Å². The monoisotopic (exact) mass is 442 g/mol. The van der Waals surface area contributed by atoms with Gasteiger partial charge < -0.3 is 9.88 Å². The Hall–Kier alpha value is -2.92. The molecule has 0 saturated carbocycles. The fourth-order valence-corrected chi connectivity index (χ4v) is 5.03. The quantitative estimate of drug-likeness (QED) is 0.286. The number of unbranched alkanes of at least 4 members (excludes halogenated alkanes) is 1. The van der Waals surface area contributed by atoms with Crippen LogP contribution < -0.4 is 5.32 Å². The normalized spacial score (nSPS) is 13.3. The minimum atomic E-state index is 0.792. The summed E-state index contributed by atoms with van der Waals surface area (Å²) in [4.78, 5) is 0.792. The van der Waals surface area contributed by atoms with Crippen LogP contribution in [-0.2, 0) is 13.0 Å². The molecule has 0 amide bonds. The zero-order chi connectivity index (χ0) is 22.1. The molecule has 5 rings (SSSR count). The van der Waals surface area contributed by atoms with E-state index >= 15 is 0 Å². The van der Waals surface area contributed by atoms with Crippen LogP contribution in [0.25, 0.3) is 28.2 Å². The van der Waals surface area contributed by atoms with E-state index in [2.05, 4.69) is 82.8 Å². The number of thiocarbonyl (C=S) groups is 1. The summed E-state index contributed by atoms with van der Waals surface area (Å²) >= 11 is 5.98. The lowest BCUT2D eigenvalue weighted by Crippen LogP contribution is -2.25. The fraction of sp³-hybridized carbons (Fsp3) is 0.333. The van der Waals surface area contributed by atoms with E-state index in [4.69, 9.17) is 17.3 Å². The molecule has 1 aliphatic heterocycles. The Bertz CT molecular complexity index is 1250. The lowest BCUT2D eigenvalue weighted by molar-refractivity contribution is 0.645. The van der Waals surface area contributed by atoms with Gasteiger partial charge in [-0.1, -0.05) is 85.7 Å². The Labute approximate surface area is 195 Å². The molecule has 0 unspecified atom stereocenters. The Balaban J connectivity index is 1.77. The molecule has 4 nitrogen and oxygen atoms in total. The van der Waals surface area contributed by atoms with E-state index < -0.39 is 0 Å². The standard InChI is InChI=1S/C27H30N4S/c1-3-4-17-28-26(32)24-23(20-15-13-19(2)14-16-20)22-12-8-9-18-30-25(29-31(24)27(22)30)21-10-6-5-7-11-21/h5-7,10-11,13-16H,3-4,8-9,12,17-18H2,1-2H3,(H,28,32). The van der Waals surface area contributed by atoms with E-state index in [1.54, 1.807) is 0 Å². The van der Waals surface area contributed by atoms with Crippen molar-refractivity contribution < 1.29 is 0 Å². The molecular weight excluding hydrogens is 412 g/mol. The van der Waals surface area contributed by atoms with Gasteiger partial charge in [-0.2, -0.15) is 0 Å². The molecule has 0 spiro atoms. The van der Waals surface area contributed by atoms with Gasteiger partial charge >= 0.3 is 0 Å². The van der Waals surface area contributed by atoms with Gasteiger partial charge in [0, 0.05) is 29.8 Å². The summed E-state index contributed by atoms with van der Waals surface area (Å²) in [7, 11) is 0. The molecule has 1 N–H and O–H groups in total. The highest BCUT2D eigenvalue weighted by molar-refractivity contribution is 7.80. The van der Waals surface area contributed by atoms with Crippen LogP contribution in [0, 0.1) is 6.92 Å². The van der Waals surface area contributed by atoms with E-state index in [9.17, 15) is 0 Å². The highest BCUT2D eigenvalue weighted by Crippen LogP contribution is 2.38. The second-order valence-electron chi connectivity index (χ2n) is 8.71. The van der Waals surface area contributed by atoms with Crippen LogP contribution in [0.2, 0.25) is 0 Å². The molecule has 0 atom stereocenters. The molecule has 0 saturated heterocycles. The van der Waals surface area contributed by atoms with Crippen molar-refractivity contribution in [3.8, 4) is 22.5 Å². The smallest absolute Gasteiger partial charge is 0.162 e. The maximum Gasteiger partial charge on any atom is 0.162 e. The first-order valence-corrected chi connectivity index (χ1v) is 12.1. The highest BCUT2D eigenvalue weighted by Gasteiger charge is 2.29. The van der Waals surface area contributed by atoms with Gasteiger partial charge in [0.05, 0.1) is 0 Å². The van der Waals surface area contributed by atoms with Crippen LogP contribution in [0.4, 0.5) is 0 Å². The maximum absolute atomic E-state index is 5.98. The average Bonchev–Trinajstić information content (AvgIpc) is 3.23. The molecule has 2 aromatic heterocycles. The molecule has 0 fully saturated rings. The molecule has 3 heterocycles. The van der Waals surface area contributed by atoms with Gasteiger partial charge in [-0.25, -0.2) is 4.52 Å². The van der Waals surface area contributed by atoms with Crippen molar-refractivity contribution >= 4 is 22.9 Å². The molecule has 4 aromatic rings. The summed E-state index contributed by atoms with van der Waals surface area (Å²) in [6, 6.07) is 19.4. The number of hydrogen-bond donors (Lipinski definition) is 1. The number of nitrogens with zero attached hydrogens (tertiary/aromatic N) is 3. The number of benzene rings is 2. The Morgan fingerprint density at radius 2 is 1.81 bits per heavy atom. The molecule has 0 aliphatic carbocycles. The number of nitrogens with one attached hydrogen (secondary N) is 1. The first-order chi connectivity index (χ1) is 15.7. The molecule has 164 valence electrons. The van der Waals surface area contributed by atoms with Crippen molar-refractivity contribution in [2.75, 3.05) is 6.54 Å². The van der Waals surface area contributed by atoms with Crippen LogP contribution >= 0.6 is 12.2 Å². The third-order valence-corrected chi connectivity index (χ3v) is 6.73. The number of aryl methyl sites for hydroxylation is 3. The second kappa shape index (κ2) is 8.91. The van der Waals surface area contributed by atoms with E-state index in [1.807, 2.05) is 0 Å². The van der Waals surface area contributed by atoms with E-state index in [-0.39, 0.29) is 0 Å². The lowest BCUT2D eigenvalue weighted by Gasteiger charge is -2.11. The largest absolute Gasteiger partial charge is 0.374 e. The molecule has 0 radical (unpaired) electrons. The molecule has 1 aliphatic rings. The average molecular weight is 443 g/mol. The number of rotatable bonds is 6. The van der Waals surface area contributed by atoms with E-state index in [0.717, 1.165) is 60.8 Å². The van der Waals surface area contributed by atoms with Crippen LogP contribution in [0.1, 0.15) is 49.4 Å². The van der Waals surface area contributed by atoms with E-state index in [1.165, 1.54) is 34.3 Å². The molecular formula is C27H30N4S. The zero-order valence-corrected chi connectivity index (χ0v) is 19.7. The SMILES string of the molecule is CCCCNC(=S)c1c(-c2ccc(C)cc2)c2c3n(c(-c4ccccc4)nn13)CCCC2. The summed E-state index contributed by atoms with van der Waals surface area (Å²) in [5.41, 5.74) is 8.49. The summed E-state index contributed by atoms with van der Waals surface area (Å²) in [6.45, 7) is 6.20. The van der Waals surface area contributed by atoms with Gasteiger partial charge in [-0.15, -0.1) is 5.10 Å². The van der Waals surface area contributed by atoms with Crippen LogP contribution in [0.5, 0.6) is 0 Å².